The van der Waals surface area contributed by atoms with Crippen molar-refractivity contribution in [2.24, 2.45) is 0 Å². The molecule has 2 saturated heterocycles. The number of benzene rings is 12. The van der Waals surface area contributed by atoms with Crippen LogP contribution >= 0.6 is 80.9 Å². The van der Waals surface area contributed by atoms with E-state index in [2.05, 4.69) is 101 Å². The molecule has 2 aliphatic heterocycles. The Morgan fingerprint density at radius 3 is 1.19 bits per heavy atom. The summed E-state index contributed by atoms with van der Waals surface area (Å²) in [5.74, 6) is 2.20. The fourth-order valence-corrected chi connectivity index (χ4v) is 16.6. The summed E-state index contributed by atoms with van der Waals surface area (Å²) >= 11 is 37.6. The molecule has 12 aromatic carbocycles. The second-order valence-corrected chi connectivity index (χ2v) is 34.4. The minimum Gasteiger partial charge on any atom is -0.492 e. The summed E-state index contributed by atoms with van der Waals surface area (Å²) < 4.78 is 37.7. The molecular formula is C103H100Cl6N12O9S. The normalized spacial score (nSPS) is 12.5. The van der Waals surface area contributed by atoms with Crippen molar-refractivity contribution in [3.8, 4) is 112 Å². The molecule has 28 heteroatoms. The molecule has 0 radical (unpaired) electrons. The Labute approximate surface area is 798 Å². The zero-order valence-corrected chi connectivity index (χ0v) is 78.9. The Balaban J connectivity index is 0.000000143. The van der Waals surface area contributed by atoms with E-state index in [1.165, 1.54) is 4.88 Å². The molecule has 15 aromatic rings. The van der Waals surface area contributed by atoms with E-state index in [-0.39, 0.29) is 12.0 Å². The first-order chi connectivity index (χ1) is 63.8. The number of hydrogen-bond donors (Lipinski definition) is 3. The molecule has 0 unspecified atom stereocenters. The summed E-state index contributed by atoms with van der Waals surface area (Å²) in [6.07, 6.45) is 6.17. The van der Waals surface area contributed by atoms with Crippen LogP contribution in [-0.2, 0) is 72.9 Å². The number of nitriles is 1. The standard InChI is InChI=1S/C21H26ClNO3.C19H20ClNO2.C18H16ClNOS.2C15H13ClN4O.C15H12ClNO/c1-25-15-17-14-20(26-13-12-23-10-8-19(24)9-11-23)6-7-21(17)16-2-4-18(22)5-3-16;1-23-13-15-12-17(21-11-3-2-4-19(21)22)9-10-18(15)14-5-7-16(20)8-6-14;1-12-10-20-18(22-12)14-5-8-17(15(9-14)11-21-2)13-3-6-16(19)7-4-13;1-21-9-12-8-11(15-17-19-20-18-15)4-7-14(12)10-2-5-13(16)6-3-10;1-21-9-12-8-13(16)6-7-14(12)10-2-4-11(5-3-10)15-17-19-20-18-15;1-18-10-13-8-14(16)6-7-15(13)12-4-2-11(9-17)3-5-12/h2-7,14,19,24H,8-13,15H2,1H3;5-10,12H,2-4,11,13H2,1H3;3-10H,11H2,1-2H3;2*2-8H,9H2,1H3,(H,17,18,19,20);2-8H,10H2,1H3. The maximum atomic E-state index is 12.1. The monoisotopic (exact) mass is 1890 g/mol. The zero-order chi connectivity index (χ0) is 92.4. The number of carbonyl (C=O) groups excluding carboxylic acids is 1. The molecule has 0 aliphatic carbocycles. The lowest BCUT2D eigenvalue weighted by atomic mass is 9.97. The SMILES string of the molecule is COCc1cc(-c2ncc(C)s2)ccc1-c1ccc(Cl)cc1.COCc1cc(-c2nn[nH]n2)ccc1-c1ccc(Cl)cc1.COCc1cc(Cl)ccc1-c1ccc(-c2nn[nH]n2)cc1.COCc1cc(Cl)ccc1-c1ccc(C#N)cc1.COCc1cc(N2CCCCC2=O)ccc1-c1ccc(Cl)cc1.COCc1cc(OCCN2CCC(O)CC2)ccc1-c1ccc(Cl)cc1. The third kappa shape index (κ3) is 28.8. The smallest absolute Gasteiger partial charge is 0.226 e. The molecule has 17 rings (SSSR count). The number of nitrogens with one attached hydrogen (secondary N) is 2. The molecule has 0 bridgehead atoms. The number of amides is 1. The summed E-state index contributed by atoms with van der Waals surface area (Å²) in [7, 11) is 10.1. The lowest BCUT2D eigenvalue weighted by Crippen LogP contribution is -2.38. The van der Waals surface area contributed by atoms with Crippen LogP contribution in [0.1, 0.15) is 75.9 Å². The minimum absolute atomic E-state index is 0.135. The van der Waals surface area contributed by atoms with Gasteiger partial charge in [0.2, 0.25) is 17.6 Å². The molecule has 1 amide bonds. The topological polar surface area (TPSA) is 254 Å². The first kappa shape index (κ1) is 98.6. The van der Waals surface area contributed by atoms with Crippen molar-refractivity contribution in [3.05, 3.63) is 335 Å². The lowest BCUT2D eigenvalue weighted by Gasteiger charge is -2.29. The van der Waals surface area contributed by atoms with Gasteiger partial charge in [0.05, 0.1) is 57.4 Å². The van der Waals surface area contributed by atoms with E-state index in [9.17, 15) is 9.90 Å². The van der Waals surface area contributed by atoms with Gasteiger partial charge in [-0.25, -0.2) is 4.98 Å². The Hall–Kier alpha value is -11.4. The summed E-state index contributed by atoms with van der Waals surface area (Å²) in [5.41, 5.74) is 24.3. The number of aryl methyl sites for hydroxylation is 1. The number of thiazole rings is 1. The van der Waals surface area contributed by atoms with Gasteiger partial charge in [-0.1, -0.05) is 203 Å². The average molecular weight is 1890 g/mol. The Bertz CT molecular complexity index is 6150. The van der Waals surface area contributed by atoms with E-state index in [1.807, 2.05) is 217 Å². The van der Waals surface area contributed by atoms with Gasteiger partial charge in [-0.2, -0.15) is 15.7 Å². The summed E-state index contributed by atoms with van der Waals surface area (Å²) in [6.45, 7) is 9.40. The maximum Gasteiger partial charge on any atom is 0.226 e. The van der Waals surface area contributed by atoms with Crippen LogP contribution < -0.4 is 9.64 Å². The van der Waals surface area contributed by atoms with Crippen molar-refractivity contribution in [3.63, 3.8) is 0 Å². The summed E-state index contributed by atoms with van der Waals surface area (Å²) in [6, 6.07) is 85.0. The first-order valence-electron chi connectivity index (χ1n) is 42.2. The predicted octanol–water partition coefficient (Wildman–Crippen LogP) is 24.9. The van der Waals surface area contributed by atoms with Gasteiger partial charge in [0.1, 0.15) is 17.4 Å². The van der Waals surface area contributed by atoms with Gasteiger partial charge in [-0.05, 0) is 265 Å². The fraction of sp³-hybridized carbons (Fsp3) is 0.233. The van der Waals surface area contributed by atoms with Crippen molar-refractivity contribution in [1.29, 1.82) is 5.26 Å². The Morgan fingerprint density at radius 2 is 0.779 bits per heavy atom. The number of aromatic amines is 2. The molecule has 131 heavy (non-hydrogen) atoms. The van der Waals surface area contributed by atoms with Crippen LogP contribution in [0.3, 0.4) is 0 Å². The lowest BCUT2D eigenvalue weighted by molar-refractivity contribution is -0.119. The zero-order valence-electron chi connectivity index (χ0n) is 73.6. The number of aromatic nitrogens is 9. The largest absolute Gasteiger partial charge is 0.492 e. The van der Waals surface area contributed by atoms with Gasteiger partial charge in [-0.15, -0.1) is 31.7 Å². The molecule has 3 aromatic heterocycles. The number of ether oxygens (including phenoxy) is 7. The third-order valence-corrected chi connectivity index (χ3v) is 23.8. The van der Waals surface area contributed by atoms with Crippen molar-refractivity contribution < 1.29 is 43.1 Å². The van der Waals surface area contributed by atoms with Crippen LogP contribution in [0.15, 0.2) is 261 Å². The van der Waals surface area contributed by atoms with Crippen LogP contribution in [0.2, 0.25) is 30.1 Å². The van der Waals surface area contributed by atoms with Crippen LogP contribution in [0.5, 0.6) is 5.75 Å². The Morgan fingerprint density at radius 1 is 0.420 bits per heavy atom. The van der Waals surface area contributed by atoms with Crippen LogP contribution in [0, 0.1) is 18.3 Å². The van der Waals surface area contributed by atoms with E-state index in [4.69, 9.17) is 108 Å². The number of carbonyl (C=O) groups is 1. The van der Waals surface area contributed by atoms with E-state index in [1.54, 1.807) is 66.1 Å². The summed E-state index contributed by atoms with van der Waals surface area (Å²) in [5, 5.41) is 51.7. The van der Waals surface area contributed by atoms with Crippen LogP contribution in [0.4, 0.5) is 5.69 Å². The highest BCUT2D eigenvalue weighted by molar-refractivity contribution is 7.14. The van der Waals surface area contributed by atoms with Gasteiger partial charge in [0, 0.05) is 139 Å². The van der Waals surface area contributed by atoms with E-state index >= 15 is 0 Å². The van der Waals surface area contributed by atoms with Gasteiger partial charge in [-0.3, -0.25) is 9.69 Å². The molecule has 2 aliphatic rings. The number of anilines is 1. The van der Waals surface area contributed by atoms with Crippen LogP contribution in [0.25, 0.3) is 100 Å². The van der Waals surface area contributed by atoms with Crippen molar-refractivity contribution in [2.75, 3.05) is 80.3 Å². The number of methoxy groups -OCH3 is 6. The number of tetrazole rings is 2. The molecule has 0 spiro atoms. The quantitative estimate of drug-likeness (QED) is 0.0455. The van der Waals surface area contributed by atoms with Gasteiger partial charge < -0.3 is 43.2 Å². The number of halogens is 6. The van der Waals surface area contributed by atoms with Crippen molar-refractivity contribution >= 4 is 92.5 Å². The number of aliphatic hydroxyl groups is 1. The molecule has 0 saturated carbocycles. The number of likely N-dealkylation sites (tertiary alicyclic amines) is 1. The number of rotatable bonds is 26. The van der Waals surface area contributed by atoms with Crippen LogP contribution in [-0.4, -0.2) is 144 Å². The maximum absolute atomic E-state index is 12.1. The first-order valence-corrected chi connectivity index (χ1v) is 45.3. The van der Waals surface area contributed by atoms with E-state index in [0.29, 0.717) is 79.9 Å². The third-order valence-electron chi connectivity index (χ3n) is 21.4. The van der Waals surface area contributed by atoms with Crippen molar-refractivity contribution in [1.82, 2.24) is 51.1 Å². The van der Waals surface area contributed by atoms with Gasteiger partial charge in [0.15, 0.2) is 0 Å². The molecule has 3 N–H and O–H groups in total. The number of piperidine rings is 2. The van der Waals surface area contributed by atoms with Gasteiger partial charge >= 0.3 is 0 Å². The Kier molecular flexibility index (Phi) is 38.3. The predicted molar refractivity (Wildman–Crippen MR) is 526 cm³/mol. The molecule has 674 valence electrons. The number of aliphatic hydroxyl groups excluding tert-OH is 1. The van der Waals surface area contributed by atoms with E-state index < -0.39 is 0 Å². The molecular weight excluding hydrogens is 1790 g/mol. The number of hydrogen-bond acceptors (Lipinski definition) is 19. The molecule has 5 heterocycles. The number of H-pyrrole nitrogens is 2. The second-order valence-electron chi connectivity index (χ2n) is 30.6. The highest BCUT2D eigenvalue weighted by Gasteiger charge is 2.23. The number of nitrogens with zero attached hydrogens (tertiary/aromatic N) is 10. The molecule has 0 atom stereocenters. The average Bonchev–Trinajstić information content (AvgIpc) is 1.59. The van der Waals surface area contributed by atoms with E-state index in [0.717, 1.165) is 205 Å². The summed E-state index contributed by atoms with van der Waals surface area (Å²) in [4.78, 5) is 22.0. The van der Waals surface area contributed by atoms with Gasteiger partial charge in [0.25, 0.3) is 0 Å². The molecule has 2 fully saturated rings. The minimum atomic E-state index is -0.135. The van der Waals surface area contributed by atoms with Crippen molar-refractivity contribution in [2.45, 2.75) is 84.8 Å². The highest BCUT2D eigenvalue weighted by Crippen LogP contribution is 2.38. The molecule has 21 nitrogen and oxygen atoms in total. The highest BCUT2D eigenvalue weighted by atomic mass is 35.5. The fourth-order valence-electron chi connectivity index (χ4n) is 14.9. The second kappa shape index (κ2) is 50.8.